The van der Waals surface area contributed by atoms with Gasteiger partial charge in [0.1, 0.15) is 10.0 Å². The predicted octanol–water partition coefficient (Wildman–Crippen LogP) is 2.16. The number of nitrogens with zero attached hydrogens (tertiary/aromatic N) is 3. The summed E-state index contributed by atoms with van der Waals surface area (Å²) in [6, 6.07) is 3.02. The molecule has 3 rings (SSSR count). The van der Waals surface area contributed by atoms with Crippen molar-refractivity contribution in [3.63, 3.8) is 0 Å². The molecule has 7 nitrogen and oxygen atoms in total. The van der Waals surface area contributed by atoms with Crippen molar-refractivity contribution in [2.75, 3.05) is 32.8 Å². The van der Waals surface area contributed by atoms with E-state index in [9.17, 15) is 13.2 Å². The molecule has 1 aromatic heterocycles. The topological polar surface area (TPSA) is 79.8 Å². The molecule has 0 spiro atoms. The maximum Gasteiger partial charge on any atom is 0.246 e. The van der Waals surface area contributed by atoms with Crippen molar-refractivity contribution in [3.05, 3.63) is 23.5 Å². The van der Waals surface area contributed by atoms with Crippen molar-refractivity contribution in [2.45, 2.75) is 43.6 Å². The summed E-state index contributed by atoms with van der Waals surface area (Å²) in [5.41, 5.74) is 0. The Bertz CT molecular complexity index is 760. The minimum Gasteiger partial charge on any atom is -0.376 e. The van der Waals surface area contributed by atoms with Crippen molar-refractivity contribution < 1.29 is 17.9 Å². The second kappa shape index (κ2) is 8.86. The molecular formula is C18H26ClN3O4S. The van der Waals surface area contributed by atoms with E-state index in [-0.39, 0.29) is 28.0 Å². The quantitative estimate of drug-likeness (QED) is 0.665. The highest BCUT2D eigenvalue weighted by molar-refractivity contribution is 7.89. The lowest BCUT2D eigenvalue weighted by Crippen LogP contribution is -2.46. The standard InChI is InChI=1S/C18H26ClN3O4S/c1-2-21(13-15-5-4-12-26-15)18(23)14-7-10-22(11-8-14)27(24,25)16-6-3-9-20-17(16)19/h3,6,9,14-15H,2,4-5,7-8,10-13H2,1H3. The minimum atomic E-state index is -3.69. The van der Waals surface area contributed by atoms with Crippen molar-refractivity contribution >= 4 is 27.5 Å². The number of carbonyl (C=O) groups is 1. The summed E-state index contributed by atoms with van der Waals surface area (Å²) in [6.45, 7) is 4.62. The molecule has 9 heteroatoms. The third-order valence-electron chi connectivity index (χ3n) is 5.29. The van der Waals surface area contributed by atoms with E-state index < -0.39 is 10.0 Å². The second-order valence-electron chi connectivity index (χ2n) is 6.98. The van der Waals surface area contributed by atoms with Gasteiger partial charge in [0.25, 0.3) is 0 Å². The summed E-state index contributed by atoms with van der Waals surface area (Å²) in [6.07, 6.45) is 4.65. The highest BCUT2D eigenvalue weighted by atomic mass is 35.5. The van der Waals surface area contributed by atoms with Gasteiger partial charge < -0.3 is 9.64 Å². The number of pyridine rings is 1. The maximum atomic E-state index is 12.9. The molecule has 2 saturated heterocycles. The van der Waals surface area contributed by atoms with Crippen LogP contribution in [0.2, 0.25) is 5.15 Å². The first-order valence-electron chi connectivity index (χ1n) is 9.44. The van der Waals surface area contributed by atoms with E-state index in [0.717, 1.165) is 19.4 Å². The fraction of sp³-hybridized carbons (Fsp3) is 0.667. The number of piperidine rings is 1. The molecule has 3 heterocycles. The average molecular weight is 416 g/mol. The van der Waals surface area contributed by atoms with Crippen LogP contribution in [-0.4, -0.2) is 67.4 Å². The van der Waals surface area contributed by atoms with Crippen LogP contribution >= 0.6 is 11.6 Å². The Morgan fingerprint density at radius 2 is 2.11 bits per heavy atom. The molecule has 0 bridgehead atoms. The summed E-state index contributed by atoms with van der Waals surface area (Å²) >= 11 is 5.96. The molecule has 2 aliphatic rings. The molecule has 0 radical (unpaired) electrons. The highest BCUT2D eigenvalue weighted by Crippen LogP contribution is 2.28. The lowest BCUT2D eigenvalue weighted by atomic mass is 9.96. The van der Waals surface area contributed by atoms with E-state index in [4.69, 9.17) is 16.3 Å². The zero-order valence-corrected chi connectivity index (χ0v) is 17.1. The molecule has 1 unspecified atom stereocenters. The summed E-state index contributed by atoms with van der Waals surface area (Å²) in [5.74, 6) is -0.0494. The number of ether oxygens (including phenoxy) is 1. The van der Waals surface area contributed by atoms with Gasteiger partial charge in [0.05, 0.1) is 6.10 Å². The van der Waals surface area contributed by atoms with Crippen molar-refractivity contribution in [1.82, 2.24) is 14.2 Å². The van der Waals surface area contributed by atoms with Crippen LogP contribution in [0.15, 0.2) is 23.2 Å². The van der Waals surface area contributed by atoms with Gasteiger partial charge >= 0.3 is 0 Å². The van der Waals surface area contributed by atoms with Crippen LogP contribution in [0.3, 0.4) is 0 Å². The zero-order valence-electron chi connectivity index (χ0n) is 15.5. The van der Waals surface area contributed by atoms with Gasteiger partial charge in [-0.3, -0.25) is 4.79 Å². The molecule has 0 aromatic carbocycles. The first kappa shape index (κ1) is 20.5. The molecule has 2 aliphatic heterocycles. The van der Waals surface area contributed by atoms with Gasteiger partial charge in [-0.1, -0.05) is 11.6 Å². The van der Waals surface area contributed by atoms with E-state index in [0.29, 0.717) is 39.0 Å². The number of halogens is 1. The Balaban J connectivity index is 1.60. The number of carbonyl (C=O) groups excluding carboxylic acids is 1. The van der Waals surface area contributed by atoms with Gasteiger partial charge in [-0.15, -0.1) is 0 Å². The molecule has 2 fully saturated rings. The van der Waals surface area contributed by atoms with Crippen LogP contribution < -0.4 is 0 Å². The summed E-state index contributed by atoms with van der Waals surface area (Å²) < 4.78 is 32.6. The number of likely N-dealkylation sites (N-methyl/N-ethyl adjacent to an activating group) is 1. The molecule has 0 aliphatic carbocycles. The van der Waals surface area contributed by atoms with Crippen LogP contribution in [0.4, 0.5) is 0 Å². The van der Waals surface area contributed by atoms with E-state index in [1.54, 1.807) is 6.07 Å². The Morgan fingerprint density at radius 3 is 2.70 bits per heavy atom. The summed E-state index contributed by atoms with van der Waals surface area (Å²) in [7, 11) is -3.69. The number of hydrogen-bond donors (Lipinski definition) is 0. The van der Waals surface area contributed by atoms with Crippen molar-refractivity contribution in [2.24, 2.45) is 5.92 Å². The fourth-order valence-electron chi connectivity index (χ4n) is 3.71. The van der Waals surface area contributed by atoms with Gasteiger partial charge in [0, 0.05) is 44.9 Å². The molecule has 150 valence electrons. The number of aromatic nitrogens is 1. The van der Waals surface area contributed by atoms with Crippen molar-refractivity contribution in [1.29, 1.82) is 0 Å². The van der Waals surface area contributed by atoms with Crippen LogP contribution in [0.25, 0.3) is 0 Å². The van der Waals surface area contributed by atoms with Gasteiger partial charge in [0.15, 0.2) is 0 Å². The SMILES string of the molecule is CCN(CC1CCCO1)C(=O)C1CCN(S(=O)(=O)c2cccnc2Cl)CC1. The number of hydrogen-bond acceptors (Lipinski definition) is 5. The Labute approximate surface area is 165 Å². The highest BCUT2D eigenvalue weighted by Gasteiger charge is 2.35. The smallest absolute Gasteiger partial charge is 0.246 e. The van der Waals surface area contributed by atoms with E-state index in [1.807, 2.05) is 11.8 Å². The Kier molecular flexibility index (Phi) is 6.73. The second-order valence-corrected chi connectivity index (χ2v) is 9.25. The summed E-state index contributed by atoms with van der Waals surface area (Å²) in [5, 5.41) is -0.0237. The number of amides is 1. The largest absolute Gasteiger partial charge is 0.376 e. The van der Waals surface area contributed by atoms with E-state index in [2.05, 4.69) is 4.98 Å². The molecule has 1 atom stereocenters. The summed E-state index contributed by atoms with van der Waals surface area (Å²) in [4.78, 5) is 18.6. The maximum absolute atomic E-state index is 12.9. The van der Waals surface area contributed by atoms with Crippen LogP contribution in [0, 0.1) is 5.92 Å². The van der Waals surface area contributed by atoms with Gasteiger partial charge in [0.2, 0.25) is 15.9 Å². The van der Waals surface area contributed by atoms with E-state index >= 15 is 0 Å². The van der Waals surface area contributed by atoms with Gasteiger partial charge in [-0.2, -0.15) is 4.31 Å². The lowest BCUT2D eigenvalue weighted by Gasteiger charge is -2.34. The van der Waals surface area contributed by atoms with Crippen LogP contribution in [0.5, 0.6) is 0 Å². The van der Waals surface area contributed by atoms with Crippen molar-refractivity contribution in [3.8, 4) is 0 Å². The number of rotatable bonds is 6. The Morgan fingerprint density at radius 1 is 1.37 bits per heavy atom. The lowest BCUT2D eigenvalue weighted by molar-refractivity contribution is -0.138. The molecular weight excluding hydrogens is 390 g/mol. The zero-order chi connectivity index (χ0) is 19.4. The van der Waals surface area contributed by atoms with Crippen LogP contribution in [-0.2, 0) is 19.6 Å². The van der Waals surface area contributed by atoms with Gasteiger partial charge in [-0.05, 0) is 44.7 Å². The number of sulfonamides is 1. The molecule has 0 N–H and O–H groups in total. The third kappa shape index (κ3) is 4.62. The molecule has 1 amide bonds. The molecule has 1 aromatic rings. The fourth-order valence-corrected chi connectivity index (χ4v) is 5.61. The van der Waals surface area contributed by atoms with Gasteiger partial charge in [-0.25, -0.2) is 13.4 Å². The minimum absolute atomic E-state index is 0.0185. The molecule has 27 heavy (non-hydrogen) atoms. The predicted molar refractivity (Wildman–Crippen MR) is 102 cm³/mol. The van der Waals surface area contributed by atoms with E-state index in [1.165, 1.54) is 16.6 Å². The normalized spacial score (nSPS) is 22.1. The average Bonchev–Trinajstić information content (AvgIpc) is 3.19. The van der Waals surface area contributed by atoms with Crippen LogP contribution in [0.1, 0.15) is 32.6 Å². The Hall–Kier alpha value is -1.22. The first-order chi connectivity index (χ1) is 12.9. The monoisotopic (exact) mass is 415 g/mol. The molecule has 0 saturated carbocycles. The third-order valence-corrected chi connectivity index (χ3v) is 7.63. The first-order valence-corrected chi connectivity index (χ1v) is 11.3.